The summed E-state index contributed by atoms with van der Waals surface area (Å²) in [7, 11) is 2.94. The lowest BCUT2D eigenvalue weighted by atomic mass is 10.0. The molecule has 2 aromatic rings. The Morgan fingerprint density at radius 2 is 1.77 bits per heavy atom. The average Bonchev–Trinajstić information content (AvgIpc) is 2.66. The molecule has 0 aliphatic carbocycles. The highest BCUT2D eigenvalue weighted by molar-refractivity contribution is 6.45. The van der Waals surface area contributed by atoms with Crippen LogP contribution < -0.4 is 5.32 Å². The molecule has 0 aliphatic rings. The Balaban J connectivity index is 2.17. The van der Waals surface area contributed by atoms with Crippen LogP contribution in [-0.2, 0) is 21.1 Å². The van der Waals surface area contributed by atoms with Crippen LogP contribution in [0.1, 0.15) is 29.2 Å². The Hall–Kier alpha value is -3.15. The normalized spacial score (nSPS) is 11.8. The Morgan fingerprint density at radius 3 is 2.42 bits per heavy atom. The maximum Gasteiger partial charge on any atom is 0.273 e. The third-order valence-electron chi connectivity index (χ3n) is 3.79. The van der Waals surface area contributed by atoms with E-state index in [0.29, 0.717) is 5.56 Å². The quantitative estimate of drug-likeness (QED) is 0.614. The summed E-state index contributed by atoms with van der Waals surface area (Å²) in [5.41, 5.74) is 4.57. The fourth-order valence-electron chi connectivity index (χ4n) is 2.35. The van der Waals surface area contributed by atoms with Crippen LogP contribution in [0.3, 0.4) is 0 Å². The zero-order valence-corrected chi connectivity index (χ0v) is 15.4. The molecule has 0 unspecified atom stereocenters. The highest BCUT2D eigenvalue weighted by Crippen LogP contribution is 2.13. The van der Waals surface area contributed by atoms with E-state index in [-0.39, 0.29) is 18.2 Å². The predicted octanol–water partition coefficient (Wildman–Crippen LogP) is 3.03. The van der Waals surface area contributed by atoms with Gasteiger partial charge in [-0.25, -0.2) is 0 Å². The van der Waals surface area contributed by atoms with Crippen molar-refractivity contribution in [1.82, 2.24) is 5.32 Å². The number of nitrogens with one attached hydrogen (secondary N) is 1. The van der Waals surface area contributed by atoms with Crippen LogP contribution >= 0.6 is 0 Å². The minimum Gasteiger partial charge on any atom is -0.398 e. The largest absolute Gasteiger partial charge is 0.398 e. The number of likely N-dealkylation sites (N-methyl/N-ethyl adjacent to an activating group) is 1. The molecule has 6 nitrogen and oxygen atoms in total. The number of rotatable bonds is 7. The molecule has 0 aliphatic heterocycles. The van der Waals surface area contributed by atoms with Crippen molar-refractivity contribution < 1.29 is 14.5 Å². The van der Waals surface area contributed by atoms with Gasteiger partial charge in [-0.05, 0) is 19.4 Å². The highest BCUT2D eigenvalue weighted by Gasteiger charge is 2.17. The van der Waals surface area contributed by atoms with Gasteiger partial charge in [0.1, 0.15) is 13.7 Å². The van der Waals surface area contributed by atoms with Crippen molar-refractivity contribution in [3.05, 3.63) is 70.8 Å². The molecule has 0 bridgehead atoms. The van der Waals surface area contributed by atoms with Crippen molar-refractivity contribution in [2.75, 3.05) is 14.2 Å². The first kappa shape index (κ1) is 19.2. The standard InChI is InChI=1S/C20H23N3O3/c1-14-9-11-16(12-10-14)15(2)22-26-13-17-7-5-6-8-18(17)19(23-25-4)20(24)21-3/h5-12H,13H2,1-4H3,(H,21,24)/b22-15+,23-19+. The van der Waals surface area contributed by atoms with Gasteiger partial charge in [-0.3, -0.25) is 4.79 Å². The van der Waals surface area contributed by atoms with Crippen molar-refractivity contribution in [2.45, 2.75) is 20.5 Å². The first-order chi connectivity index (χ1) is 12.6. The summed E-state index contributed by atoms with van der Waals surface area (Å²) < 4.78 is 0. The molecule has 0 aromatic heterocycles. The zero-order chi connectivity index (χ0) is 18.9. The van der Waals surface area contributed by atoms with Crippen LogP contribution in [0.15, 0.2) is 58.8 Å². The predicted molar refractivity (Wildman–Crippen MR) is 102 cm³/mol. The summed E-state index contributed by atoms with van der Waals surface area (Å²) in [6.07, 6.45) is 0. The lowest BCUT2D eigenvalue weighted by molar-refractivity contribution is -0.114. The summed E-state index contributed by atoms with van der Waals surface area (Å²) in [4.78, 5) is 22.4. The van der Waals surface area contributed by atoms with Crippen molar-refractivity contribution in [3.8, 4) is 0 Å². The van der Waals surface area contributed by atoms with Crippen LogP contribution in [0.2, 0.25) is 0 Å². The molecule has 0 saturated carbocycles. The second-order valence-electron chi connectivity index (χ2n) is 5.67. The number of oxime groups is 2. The molecule has 136 valence electrons. The molecule has 0 atom stereocenters. The van der Waals surface area contributed by atoms with Gasteiger partial charge < -0.3 is 15.0 Å². The fraction of sp³-hybridized carbons (Fsp3) is 0.250. The number of benzene rings is 2. The van der Waals surface area contributed by atoms with Gasteiger partial charge in [0.2, 0.25) is 0 Å². The van der Waals surface area contributed by atoms with E-state index in [0.717, 1.165) is 16.8 Å². The molecule has 2 rings (SSSR count). The first-order valence-corrected chi connectivity index (χ1v) is 8.22. The van der Waals surface area contributed by atoms with Crippen molar-refractivity contribution in [1.29, 1.82) is 0 Å². The number of aryl methyl sites for hydroxylation is 1. The molecule has 6 heteroatoms. The van der Waals surface area contributed by atoms with E-state index >= 15 is 0 Å². The summed E-state index contributed by atoms with van der Waals surface area (Å²) in [6, 6.07) is 15.4. The van der Waals surface area contributed by atoms with E-state index in [1.54, 1.807) is 13.1 Å². The smallest absolute Gasteiger partial charge is 0.273 e. The molecule has 0 spiro atoms. The fourth-order valence-corrected chi connectivity index (χ4v) is 2.35. The van der Waals surface area contributed by atoms with Gasteiger partial charge in [0.25, 0.3) is 5.91 Å². The van der Waals surface area contributed by atoms with Crippen LogP contribution in [0, 0.1) is 6.92 Å². The molecule has 1 amide bonds. The SMILES string of the molecule is CNC(=O)/C(=N/OC)c1ccccc1CO/N=C(\C)c1ccc(C)cc1. The van der Waals surface area contributed by atoms with Crippen molar-refractivity contribution >= 4 is 17.3 Å². The molecule has 0 saturated heterocycles. The number of carbonyl (C=O) groups excluding carboxylic acids is 1. The molecule has 1 N–H and O–H groups in total. The summed E-state index contributed by atoms with van der Waals surface area (Å²) in [6.45, 7) is 4.13. The Kier molecular flexibility index (Phi) is 6.91. The Bertz CT molecular complexity index is 811. The van der Waals surface area contributed by atoms with E-state index < -0.39 is 0 Å². The second-order valence-corrected chi connectivity index (χ2v) is 5.67. The number of carbonyl (C=O) groups is 1. The minimum absolute atomic E-state index is 0.188. The molecule has 0 radical (unpaired) electrons. The van der Waals surface area contributed by atoms with Gasteiger partial charge in [-0.1, -0.05) is 64.4 Å². The van der Waals surface area contributed by atoms with Crippen LogP contribution in [0.5, 0.6) is 0 Å². The number of nitrogens with zero attached hydrogens (tertiary/aromatic N) is 2. The van der Waals surface area contributed by atoms with Gasteiger partial charge in [-0.2, -0.15) is 0 Å². The molecular formula is C20H23N3O3. The van der Waals surface area contributed by atoms with Gasteiger partial charge in [0.15, 0.2) is 5.71 Å². The lowest BCUT2D eigenvalue weighted by Crippen LogP contribution is -2.29. The average molecular weight is 353 g/mol. The maximum atomic E-state index is 12.1. The van der Waals surface area contributed by atoms with E-state index in [2.05, 4.69) is 15.6 Å². The number of amides is 1. The van der Waals surface area contributed by atoms with E-state index in [9.17, 15) is 4.79 Å². The maximum absolute atomic E-state index is 12.1. The molecule has 26 heavy (non-hydrogen) atoms. The molecule has 0 heterocycles. The van der Waals surface area contributed by atoms with Gasteiger partial charge in [0.05, 0.1) is 5.71 Å². The number of hydrogen-bond donors (Lipinski definition) is 1. The topological polar surface area (TPSA) is 72.3 Å². The molecular weight excluding hydrogens is 330 g/mol. The van der Waals surface area contributed by atoms with Crippen molar-refractivity contribution in [3.63, 3.8) is 0 Å². The second kappa shape index (κ2) is 9.36. The molecule has 2 aromatic carbocycles. The third-order valence-corrected chi connectivity index (χ3v) is 3.79. The molecule has 0 fully saturated rings. The van der Waals surface area contributed by atoms with Crippen LogP contribution in [0.25, 0.3) is 0 Å². The minimum atomic E-state index is -0.335. The first-order valence-electron chi connectivity index (χ1n) is 8.22. The highest BCUT2D eigenvalue weighted by atomic mass is 16.6. The van der Waals surface area contributed by atoms with Crippen LogP contribution in [0.4, 0.5) is 0 Å². The van der Waals surface area contributed by atoms with E-state index in [1.165, 1.54) is 12.7 Å². The van der Waals surface area contributed by atoms with E-state index in [1.807, 2.05) is 56.3 Å². The summed E-state index contributed by atoms with van der Waals surface area (Å²) >= 11 is 0. The van der Waals surface area contributed by atoms with Gasteiger partial charge in [0, 0.05) is 18.2 Å². The van der Waals surface area contributed by atoms with Crippen molar-refractivity contribution in [2.24, 2.45) is 10.3 Å². The van der Waals surface area contributed by atoms with E-state index in [4.69, 9.17) is 9.68 Å². The Labute approximate surface area is 153 Å². The van der Waals surface area contributed by atoms with Gasteiger partial charge >= 0.3 is 0 Å². The van der Waals surface area contributed by atoms with Crippen LogP contribution in [-0.4, -0.2) is 31.5 Å². The third kappa shape index (κ3) is 4.92. The lowest BCUT2D eigenvalue weighted by Gasteiger charge is -2.10. The zero-order valence-electron chi connectivity index (χ0n) is 15.4. The van der Waals surface area contributed by atoms with Gasteiger partial charge in [-0.15, -0.1) is 0 Å². The Morgan fingerprint density at radius 1 is 1.08 bits per heavy atom. The number of hydrogen-bond acceptors (Lipinski definition) is 5. The summed E-state index contributed by atoms with van der Waals surface area (Å²) in [5.74, 6) is -0.335. The monoisotopic (exact) mass is 353 g/mol. The summed E-state index contributed by atoms with van der Waals surface area (Å²) in [5, 5.41) is 10.6.